The molecule has 0 unspecified atom stereocenters. The first-order valence-corrected chi connectivity index (χ1v) is 10.4. The quantitative estimate of drug-likeness (QED) is 0.829. The summed E-state index contributed by atoms with van der Waals surface area (Å²) in [6.45, 7) is 0.124. The van der Waals surface area contributed by atoms with Crippen molar-refractivity contribution in [2.45, 2.75) is 24.3 Å². The number of nitrogens with zero attached hydrogens (tertiary/aromatic N) is 2. The molecule has 28 heavy (non-hydrogen) atoms. The Balaban J connectivity index is 1.75. The van der Waals surface area contributed by atoms with Crippen LogP contribution in [0.1, 0.15) is 18.4 Å². The van der Waals surface area contributed by atoms with E-state index in [0.717, 1.165) is 6.26 Å². The van der Waals surface area contributed by atoms with Gasteiger partial charge in [0.15, 0.2) is 9.84 Å². The van der Waals surface area contributed by atoms with E-state index >= 15 is 0 Å². The molecule has 1 aliphatic heterocycles. The first-order chi connectivity index (χ1) is 13.2. The number of benzene rings is 2. The van der Waals surface area contributed by atoms with Gasteiger partial charge in [-0.2, -0.15) is 5.10 Å². The zero-order valence-corrected chi connectivity index (χ0v) is 15.9. The number of sulfone groups is 1. The third-order valence-corrected chi connectivity index (χ3v) is 5.24. The molecule has 7 nitrogen and oxygen atoms in total. The SMILES string of the molecule is CS(=O)(=O)c1cccc(NC(=O)C2=NN(Cc3ccc(F)cc3)C(=O)CC2)c1. The van der Waals surface area contributed by atoms with Gasteiger partial charge >= 0.3 is 0 Å². The van der Waals surface area contributed by atoms with Crippen LogP contribution in [0.25, 0.3) is 0 Å². The number of hydrogen-bond donors (Lipinski definition) is 1. The molecular weight excluding hydrogens is 385 g/mol. The number of anilines is 1. The molecule has 2 amide bonds. The molecule has 0 saturated heterocycles. The number of carbonyl (C=O) groups excluding carboxylic acids is 2. The Morgan fingerprint density at radius 1 is 1.18 bits per heavy atom. The summed E-state index contributed by atoms with van der Waals surface area (Å²) in [5, 5.41) is 7.91. The molecule has 0 saturated carbocycles. The summed E-state index contributed by atoms with van der Waals surface area (Å²) in [7, 11) is -3.40. The molecule has 0 atom stereocenters. The molecule has 146 valence electrons. The topological polar surface area (TPSA) is 95.9 Å². The van der Waals surface area contributed by atoms with Crippen molar-refractivity contribution in [2.75, 3.05) is 11.6 Å². The zero-order chi connectivity index (χ0) is 20.3. The average molecular weight is 403 g/mol. The molecule has 0 bridgehead atoms. The lowest BCUT2D eigenvalue weighted by Gasteiger charge is -2.23. The van der Waals surface area contributed by atoms with E-state index in [1.807, 2.05) is 0 Å². The van der Waals surface area contributed by atoms with Gasteiger partial charge in [0.2, 0.25) is 5.91 Å². The molecule has 1 aliphatic rings. The van der Waals surface area contributed by atoms with E-state index in [2.05, 4.69) is 10.4 Å². The van der Waals surface area contributed by atoms with Gasteiger partial charge in [-0.05, 0) is 35.9 Å². The van der Waals surface area contributed by atoms with Crippen LogP contribution in [-0.4, -0.2) is 37.2 Å². The van der Waals surface area contributed by atoms with Crippen LogP contribution in [0.2, 0.25) is 0 Å². The molecule has 3 rings (SSSR count). The van der Waals surface area contributed by atoms with Crippen LogP contribution in [0, 0.1) is 5.82 Å². The van der Waals surface area contributed by atoms with E-state index in [0.29, 0.717) is 11.3 Å². The van der Waals surface area contributed by atoms with Gasteiger partial charge in [-0.1, -0.05) is 18.2 Å². The van der Waals surface area contributed by atoms with E-state index in [1.165, 1.54) is 35.3 Å². The maximum absolute atomic E-state index is 13.0. The number of amides is 2. The summed E-state index contributed by atoms with van der Waals surface area (Å²) in [4.78, 5) is 24.7. The smallest absolute Gasteiger partial charge is 0.271 e. The lowest BCUT2D eigenvalue weighted by molar-refractivity contribution is -0.132. The molecule has 0 radical (unpaired) electrons. The Labute approximate surface area is 161 Å². The van der Waals surface area contributed by atoms with Crippen molar-refractivity contribution in [3.05, 3.63) is 59.9 Å². The Bertz CT molecular complexity index is 1050. The minimum Gasteiger partial charge on any atom is -0.321 e. The van der Waals surface area contributed by atoms with Gasteiger partial charge in [-0.15, -0.1) is 0 Å². The van der Waals surface area contributed by atoms with E-state index in [-0.39, 0.29) is 41.7 Å². The Morgan fingerprint density at radius 3 is 2.57 bits per heavy atom. The Kier molecular flexibility index (Phi) is 5.55. The summed E-state index contributed by atoms with van der Waals surface area (Å²) < 4.78 is 36.3. The normalized spacial score (nSPS) is 14.6. The molecule has 2 aromatic rings. The second-order valence-corrected chi connectivity index (χ2v) is 8.39. The van der Waals surface area contributed by atoms with Crippen LogP contribution < -0.4 is 5.32 Å². The molecule has 1 heterocycles. The number of carbonyl (C=O) groups is 2. The van der Waals surface area contributed by atoms with Crippen LogP contribution in [0.5, 0.6) is 0 Å². The standard InChI is InChI=1S/C19H18FN3O4S/c1-28(26,27)16-4-2-3-15(11-16)21-19(25)17-9-10-18(24)23(22-17)12-13-5-7-14(20)8-6-13/h2-8,11H,9-10,12H2,1H3,(H,21,25). The second-order valence-electron chi connectivity index (χ2n) is 6.38. The van der Waals surface area contributed by atoms with E-state index in [9.17, 15) is 22.4 Å². The number of nitrogens with one attached hydrogen (secondary N) is 1. The monoisotopic (exact) mass is 403 g/mol. The lowest BCUT2D eigenvalue weighted by atomic mass is 10.1. The van der Waals surface area contributed by atoms with Crippen LogP contribution in [0.4, 0.5) is 10.1 Å². The molecule has 0 aromatic heterocycles. The van der Waals surface area contributed by atoms with Crippen molar-refractivity contribution in [2.24, 2.45) is 5.10 Å². The average Bonchev–Trinajstić information content (AvgIpc) is 2.65. The van der Waals surface area contributed by atoms with Crippen molar-refractivity contribution in [3.63, 3.8) is 0 Å². The third kappa shape index (κ3) is 4.80. The highest BCUT2D eigenvalue weighted by Crippen LogP contribution is 2.18. The third-order valence-electron chi connectivity index (χ3n) is 4.13. The summed E-state index contributed by atoms with van der Waals surface area (Å²) >= 11 is 0. The number of halogens is 1. The van der Waals surface area contributed by atoms with Crippen molar-refractivity contribution in [3.8, 4) is 0 Å². The van der Waals surface area contributed by atoms with Gasteiger partial charge in [0.25, 0.3) is 5.91 Å². The maximum atomic E-state index is 13.0. The van der Waals surface area contributed by atoms with Crippen molar-refractivity contribution in [1.82, 2.24) is 5.01 Å². The Morgan fingerprint density at radius 2 is 1.89 bits per heavy atom. The predicted octanol–water partition coefficient (Wildman–Crippen LogP) is 2.35. The molecular formula is C19H18FN3O4S. The highest BCUT2D eigenvalue weighted by molar-refractivity contribution is 7.90. The largest absolute Gasteiger partial charge is 0.321 e. The van der Waals surface area contributed by atoms with E-state index in [1.54, 1.807) is 18.2 Å². The van der Waals surface area contributed by atoms with Crippen LogP contribution in [0.3, 0.4) is 0 Å². The van der Waals surface area contributed by atoms with Gasteiger partial charge in [0.05, 0.1) is 11.4 Å². The first kappa shape index (κ1) is 19.7. The van der Waals surface area contributed by atoms with Crippen molar-refractivity contribution in [1.29, 1.82) is 0 Å². The maximum Gasteiger partial charge on any atom is 0.271 e. The van der Waals surface area contributed by atoms with Crippen LogP contribution in [0.15, 0.2) is 58.5 Å². The number of hydrazone groups is 1. The molecule has 0 aliphatic carbocycles. The number of rotatable bonds is 5. The van der Waals surface area contributed by atoms with Crippen LogP contribution >= 0.6 is 0 Å². The lowest BCUT2D eigenvalue weighted by Crippen LogP contribution is -2.36. The van der Waals surface area contributed by atoms with Gasteiger partial charge in [-0.25, -0.2) is 17.8 Å². The molecule has 9 heteroatoms. The van der Waals surface area contributed by atoms with Gasteiger partial charge in [-0.3, -0.25) is 9.59 Å². The molecule has 2 aromatic carbocycles. The fourth-order valence-electron chi connectivity index (χ4n) is 2.66. The summed E-state index contributed by atoms with van der Waals surface area (Å²) in [6.07, 6.45) is 1.38. The van der Waals surface area contributed by atoms with Crippen LogP contribution in [-0.2, 0) is 26.0 Å². The Hall–Kier alpha value is -3.07. The van der Waals surface area contributed by atoms with E-state index in [4.69, 9.17) is 0 Å². The predicted molar refractivity (Wildman–Crippen MR) is 102 cm³/mol. The number of hydrogen-bond acceptors (Lipinski definition) is 5. The molecule has 1 N–H and O–H groups in total. The van der Waals surface area contributed by atoms with Gasteiger partial charge < -0.3 is 5.32 Å². The van der Waals surface area contributed by atoms with Gasteiger partial charge in [0, 0.05) is 24.8 Å². The second kappa shape index (κ2) is 7.89. The highest BCUT2D eigenvalue weighted by atomic mass is 32.2. The summed E-state index contributed by atoms with van der Waals surface area (Å²) in [5.41, 5.74) is 1.16. The fourth-order valence-corrected chi connectivity index (χ4v) is 3.33. The zero-order valence-electron chi connectivity index (χ0n) is 15.1. The van der Waals surface area contributed by atoms with Crippen molar-refractivity contribution < 1.29 is 22.4 Å². The van der Waals surface area contributed by atoms with Crippen molar-refractivity contribution >= 4 is 33.1 Å². The first-order valence-electron chi connectivity index (χ1n) is 8.46. The van der Waals surface area contributed by atoms with E-state index < -0.39 is 15.7 Å². The summed E-state index contributed by atoms with van der Waals surface area (Å²) in [6, 6.07) is 11.6. The highest BCUT2D eigenvalue weighted by Gasteiger charge is 2.24. The molecule has 0 spiro atoms. The minimum absolute atomic E-state index is 0.0870. The molecule has 0 fully saturated rings. The minimum atomic E-state index is -3.40. The van der Waals surface area contributed by atoms with Gasteiger partial charge in [0.1, 0.15) is 11.5 Å². The summed E-state index contributed by atoms with van der Waals surface area (Å²) in [5.74, 6) is -1.13. The fraction of sp³-hybridized carbons (Fsp3) is 0.211.